The van der Waals surface area contributed by atoms with Gasteiger partial charge in [0.15, 0.2) is 0 Å². The highest BCUT2D eigenvalue weighted by Gasteiger charge is 1.88. The van der Waals surface area contributed by atoms with E-state index in [1.165, 1.54) is 0 Å². The summed E-state index contributed by atoms with van der Waals surface area (Å²) in [5.41, 5.74) is 1.82. The number of benzene rings is 1. The Kier molecular flexibility index (Phi) is 4.48. The second-order valence-corrected chi connectivity index (χ2v) is 2.78. The number of isothiocyanates is 1. The molecule has 70 valence electrons. The lowest BCUT2D eigenvalue weighted by Crippen LogP contribution is -1.71. The molecule has 3 heteroatoms. The molecule has 0 bridgehead atoms. The molecule has 0 N–H and O–H groups in total. The van der Waals surface area contributed by atoms with Crippen molar-refractivity contribution in [2.45, 2.75) is 6.42 Å². The van der Waals surface area contributed by atoms with E-state index in [9.17, 15) is 4.79 Å². The predicted molar refractivity (Wildman–Crippen MR) is 60.8 cm³/mol. The number of hydrogen-bond acceptors (Lipinski definition) is 3. The molecule has 1 rings (SSSR count). The number of rotatable bonds is 4. The van der Waals surface area contributed by atoms with Gasteiger partial charge >= 0.3 is 0 Å². The average Bonchev–Trinajstić information content (AvgIpc) is 2.21. The lowest BCUT2D eigenvalue weighted by Gasteiger charge is -1.93. The Morgan fingerprint density at radius 1 is 1.36 bits per heavy atom. The Balaban J connectivity index is 2.72. The molecule has 0 radical (unpaired) electrons. The van der Waals surface area contributed by atoms with Gasteiger partial charge in [0.1, 0.15) is 6.29 Å². The third-order valence-corrected chi connectivity index (χ3v) is 1.70. The molecule has 0 amide bonds. The quantitative estimate of drug-likeness (QED) is 0.427. The molecule has 0 aliphatic carbocycles. The summed E-state index contributed by atoms with van der Waals surface area (Å²) >= 11 is 4.48. The Morgan fingerprint density at radius 2 is 2.07 bits per heavy atom. The summed E-state index contributed by atoms with van der Waals surface area (Å²) in [7, 11) is 0. The van der Waals surface area contributed by atoms with Crippen molar-refractivity contribution in [1.82, 2.24) is 0 Å². The van der Waals surface area contributed by atoms with Crippen molar-refractivity contribution in [3.05, 3.63) is 35.9 Å². The van der Waals surface area contributed by atoms with Crippen molar-refractivity contribution in [2.75, 3.05) is 0 Å². The first kappa shape index (κ1) is 10.5. The zero-order valence-electron chi connectivity index (χ0n) is 7.51. The summed E-state index contributed by atoms with van der Waals surface area (Å²) in [6, 6.07) is 7.51. The van der Waals surface area contributed by atoms with Crippen molar-refractivity contribution in [1.29, 1.82) is 0 Å². The third kappa shape index (κ3) is 3.44. The van der Waals surface area contributed by atoms with Gasteiger partial charge in [-0.15, -0.1) is 0 Å². The first-order chi connectivity index (χ1) is 6.86. The highest BCUT2D eigenvalue weighted by atomic mass is 32.1. The minimum Gasteiger partial charge on any atom is -0.303 e. The molecule has 0 heterocycles. The molecule has 1 aromatic carbocycles. The van der Waals surface area contributed by atoms with Crippen molar-refractivity contribution < 1.29 is 4.79 Å². The van der Waals surface area contributed by atoms with Crippen LogP contribution in [0, 0.1) is 0 Å². The molecule has 2 nitrogen and oxygen atoms in total. The van der Waals surface area contributed by atoms with Gasteiger partial charge in [0.2, 0.25) is 0 Å². The summed E-state index contributed by atoms with van der Waals surface area (Å²) in [5.74, 6) is 0. The van der Waals surface area contributed by atoms with E-state index in [0.29, 0.717) is 6.42 Å². The zero-order valence-corrected chi connectivity index (χ0v) is 8.33. The van der Waals surface area contributed by atoms with Crippen LogP contribution in [-0.2, 0) is 4.79 Å². The SMILES string of the molecule is O=CCC=Cc1ccc(N=C=S)cc1. The van der Waals surface area contributed by atoms with E-state index in [1.807, 2.05) is 36.4 Å². The molecular weight excluding hydrogens is 194 g/mol. The van der Waals surface area contributed by atoms with Crippen LogP contribution in [0.15, 0.2) is 35.3 Å². The fourth-order valence-electron chi connectivity index (χ4n) is 0.972. The van der Waals surface area contributed by atoms with Crippen LogP contribution in [0.3, 0.4) is 0 Å². The minimum absolute atomic E-state index is 0.444. The van der Waals surface area contributed by atoms with Crippen molar-refractivity contribution in [3.63, 3.8) is 0 Å². The normalized spacial score (nSPS) is 9.71. The smallest absolute Gasteiger partial charge is 0.123 e. The van der Waals surface area contributed by atoms with Crippen LogP contribution in [-0.4, -0.2) is 11.4 Å². The largest absolute Gasteiger partial charge is 0.303 e. The van der Waals surface area contributed by atoms with Gasteiger partial charge in [-0.05, 0) is 29.9 Å². The van der Waals surface area contributed by atoms with Gasteiger partial charge in [-0.1, -0.05) is 24.3 Å². The fourth-order valence-corrected chi connectivity index (χ4v) is 1.08. The average molecular weight is 203 g/mol. The topological polar surface area (TPSA) is 29.4 Å². The molecule has 0 aliphatic heterocycles. The van der Waals surface area contributed by atoms with E-state index in [0.717, 1.165) is 17.5 Å². The standard InChI is InChI=1S/C11H9NOS/c13-8-2-1-3-10-4-6-11(7-5-10)12-9-14/h1,3-8H,2H2. The summed E-state index contributed by atoms with van der Waals surface area (Å²) in [6.07, 6.45) is 5.00. The number of allylic oxidation sites excluding steroid dienone is 1. The van der Waals surface area contributed by atoms with E-state index in [4.69, 9.17) is 0 Å². The molecule has 0 aromatic heterocycles. The number of carbonyl (C=O) groups is 1. The monoisotopic (exact) mass is 203 g/mol. The highest BCUT2D eigenvalue weighted by molar-refractivity contribution is 7.78. The van der Waals surface area contributed by atoms with Gasteiger partial charge < -0.3 is 4.79 Å². The number of nitrogens with zero attached hydrogens (tertiary/aromatic N) is 1. The van der Waals surface area contributed by atoms with E-state index in [1.54, 1.807) is 0 Å². The van der Waals surface area contributed by atoms with Crippen LogP contribution in [0.1, 0.15) is 12.0 Å². The first-order valence-corrected chi connectivity index (χ1v) is 4.56. The number of aliphatic imine (C=N–C) groups is 1. The number of aldehydes is 1. The summed E-state index contributed by atoms with van der Waals surface area (Å²) in [4.78, 5) is 13.9. The Hall–Kier alpha value is -1.57. The van der Waals surface area contributed by atoms with Crippen LogP contribution in [0.4, 0.5) is 5.69 Å². The lowest BCUT2D eigenvalue weighted by atomic mass is 10.2. The Bertz CT molecular complexity index is 375. The maximum atomic E-state index is 10.0. The minimum atomic E-state index is 0.444. The van der Waals surface area contributed by atoms with Gasteiger partial charge in [0.05, 0.1) is 10.8 Å². The zero-order chi connectivity index (χ0) is 10.2. The first-order valence-electron chi connectivity index (χ1n) is 4.15. The molecular formula is C11H9NOS. The third-order valence-electron chi connectivity index (χ3n) is 1.61. The van der Waals surface area contributed by atoms with Crippen LogP contribution >= 0.6 is 12.2 Å². The lowest BCUT2D eigenvalue weighted by molar-refractivity contribution is -0.107. The van der Waals surface area contributed by atoms with Crippen molar-refractivity contribution in [3.8, 4) is 0 Å². The van der Waals surface area contributed by atoms with E-state index in [-0.39, 0.29) is 0 Å². The summed E-state index contributed by atoms with van der Waals surface area (Å²) in [6.45, 7) is 0. The fraction of sp³-hybridized carbons (Fsp3) is 0.0909. The molecule has 0 saturated heterocycles. The van der Waals surface area contributed by atoms with Crippen LogP contribution in [0.5, 0.6) is 0 Å². The summed E-state index contributed by atoms with van der Waals surface area (Å²) < 4.78 is 0. The van der Waals surface area contributed by atoms with Gasteiger partial charge in [-0.2, -0.15) is 4.99 Å². The van der Waals surface area contributed by atoms with Crippen LogP contribution in [0.2, 0.25) is 0 Å². The number of hydrogen-bond donors (Lipinski definition) is 0. The van der Waals surface area contributed by atoms with E-state index >= 15 is 0 Å². The Morgan fingerprint density at radius 3 is 2.64 bits per heavy atom. The molecule has 0 fully saturated rings. The second kappa shape index (κ2) is 5.97. The van der Waals surface area contributed by atoms with Gasteiger partial charge in [0, 0.05) is 6.42 Å². The molecule has 0 unspecified atom stereocenters. The van der Waals surface area contributed by atoms with Crippen molar-refractivity contribution in [2.24, 2.45) is 4.99 Å². The second-order valence-electron chi connectivity index (χ2n) is 2.60. The van der Waals surface area contributed by atoms with Crippen LogP contribution < -0.4 is 0 Å². The molecule has 14 heavy (non-hydrogen) atoms. The van der Waals surface area contributed by atoms with Crippen LogP contribution in [0.25, 0.3) is 6.08 Å². The van der Waals surface area contributed by atoms with Gasteiger partial charge in [0.25, 0.3) is 0 Å². The molecule has 1 aromatic rings. The molecule has 0 spiro atoms. The summed E-state index contributed by atoms with van der Waals surface area (Å²) in [5, 5.41) is 2.30. The number of thiocarbonyl (C=S) groups is 1. The van der Waals surface area contributed by atoms with Gasteiger partial charge in [-0.25, -0.2) is 0 Å². The maximum absolute atomic E-state index is 10.0. The van der Waals surface area contributed by atoms with Gasteiger partial charge in [-0.3, -0.25) is 0 Å². The van der Waals surface area contributed by atoms with E-state index in [2.05, 4.69) is 22.4 Å². The molecule has 0 saturated carbocycles. The Labute approximate surface area is 88.0 Å². The highest BCUT2D eigenvalue weighted by Crippen LogP contribution is 2.13. The predicted octanol–water partition coefficient (Wildman–Crippen LogP) is 3.02. The molecule has 0 aliphatic rings. The molecule has 0 atom stereocenters. The van der Waals surface area contributed by atoms with E-state index < -0.39 is 0 Å². The van der Waals surface area contributed by atoms with Crippen molar-refractivity contribution >= 4 is 35.4 Å². The maximum Gasteiger partial charge on any atom is 0.123 e. The number of carbonyl (C=O) groups excluding carboxylic acids is 1.